The van der Waals surface area contributed by atoms with Gasteiger partial charge in [-0.25, -0.2) is 0 Å². The molecule has 0 aromatic heterocycles. The predicted molar refractivity (Wildman–Crippen MR) is 85.6 cm³/mol. The number of nitrogens with zero attached hydrogens (tertiary/aromatic N) is 1. The highest BCUT2D eigenvalue weighted by molar-refractivity contribution is 5.95. The van der Waals surface area contributed by atoms with Gasteiger partial charge in [0.05, 0.1) is 12.0 Å². The van der Waals surface area contributed by atoms with Crippen LogP contribution >= 0.6 is 0 Å². The number of benzene rings is 1. The second-order valence-electron chi connectivity index (χ2n) is 6.16. The lowest BCUT2D eigenvalue weighted by atomic mass is 10.0. The molecule has 2 atom stereocenters. The largest absolute Gasteiger partial charge is 0.349 e. The highest BCUT2D eigenvalue weighted by atomic mass is 16.2. The van der Waals surface area contributed by atoms with E-state index in [4.69, 9.17) is 0 Å². The summed E-state index contributed by atoms with van der Waals surface area (Å²) in [5.41, 5.74) is 2.01. The van der Waals surface area contributed by atoms with Crippen molar-refractivity contribution in [1.82, 2.24) is 10.6 Å². The molecule has 2 unspecified atom stereocenters. The van der Waals surface area contributed by atoms with Crippen LogP contribution in [0.25, 0.3) is 0 Å². The van der Waals surface area contributed by atoms with Gasteiger partial charge in [-0.3, -0.25) is 9.59 Å². The summed E-state index contributed by atoms with van der Waals surface area (Å²) in [7, 11) is 0. The maximum absolute atomic E-state index is 12.1. The molecule has 0 saturated carbocycles. The Morgan fingerprint density at radius 2 is 2.14 bits per heavy atom. The number of rotatable bonds is 4. The predicted octanol–water partition coefficient (Wildman–Crippen LogP) is 1.60. The van der Waals surface area contributed by atoms with Crippen LogP contribution in [0.1, 0.15) is 37.8 Å². The van der Waals surface area contributed by atoms with Gasteiger partial charge in [-0.05, 0) is 44.0 Å². The van der Waals surface area contributed by atoms with Gasteiger partial charge in [-0.2, -0.15) is 0 Å². The third-order valence-electron chi connectivity index (χ3n) is 4.57. The van der Waals surface area contributed by atoms with Gasteiger partial charge in [0.1, 0.15) is 0 Å². The van der Waals surface area contributed by atoms with Gasteiger partial charge in [0.25, 0.3) is 0 Å². The fourth-order valence-electron chi connectivity index (χ4n) is 3.16. The van der Waals surface area contributed by atoms with Crippen molar-refractivity contribution < 1.29 is 9.59 Å². The molecule has 0 radical (unpaired) electrons. The van der Waals surface area contributed by atoms with Gasteiger partial charge in [0.15, 0.2) is 0 Å². The Morgan fingerprint density at radius 3 is 2.73 bits per heavy atom. The first-order chi connectivity index (χ1) is 10.6. The van der Waals surface area contributed by atoms with Gasteiger partial charge in [0, 0.05) is 25.2 Å². The molecule has 1 aromatic rings. The number of carbonyl (C=O) groups is 2. The van der Waals surface area contributed by atoms with Crippen LogP contribution < -0.4 is 15.5 Å². The lowest BCUT2D eigenvalue weighted by Crippen LogP contribution is -2.33. The summed E-state index contributed by atoms with van der Waals surface area (Å²) < 4.78 is 0. The summed E-state index contributed by atoms with van der Waals surface area (Å²) in [6, 6.07) is 7.92. The molecule has 3 rings (SSSR count). The smallest absolute Gasteiger partial charge is 0.227 e. The number of anilines is 1. The maximum Gasteiger partial charge on any atom is 0.227 e. The van der Waals surface area contributed by atoms with Crippen molar-refractivity contribution in [3.8, 4) is 0 Å². The Kier molecular flexibility index (Phi) is 4.43. The summed E-state index contributed by atoms with van der Waals surface area (Å²) in [6.45, 7) is 4.50. The maximum atomic E-state index is 12.1. The van der Waals surface area contributed by atoms with E-state index in [0.29, 0.717) is 6.42 Å². The van der Waals surface area contributed by atoms with Gasteiger partial charge in [-0.15, -0.1) is 0 Å². The fourth-order valence-corrected chi connectivity index (χ4v) is 3.16. The topological polar surface area (TPSA) is 61.4 Å². The molecule has 0 bridgehead atoms. The number of nitrogens with one attached hydrogen (secondary N) is 2. The summed E-state index contributed by atoms with van der Waals surface area (Å²) in [4.78, 5) is 25.7. The van der Waals surface area contributed by atoms with Gasteiger partial charge in [-0.1, -0.05) is 12.1 Å². The van der Waals surface area contributed by atoms with E-state index in [1.54, 1.807) is 0 Å². The zero-order valence-corrected chi connectivity index (χ0v) is 13.0. The van der Waals surface area contributed by atoms with Crippen LogP contribution in [0.2, 0.25) is 0 Å². The molecule has 0 spiro atoms. The van der Waals surface area contributed by atoms with Crippen LogP contribution in [0.15, 0.2) is 24.3 Å². The molecule has 2 heterocycles. The minimum Gasteiger partial charge on any atom is -0.349 e. The van der Waals surface area contributed by atoms with Crippen LogP contribution in [-0.4, -0.2) is 31.4 Å². The van der Waals surface area contributed by atoms with Crippen LogP contribution in [0.4, 0.5) is 5.69 Å². The molecule has 2 fully saturated rings. The number of hydrogen-bond acceptors (Lipinski definition) is 3. The molecule has 0 aliphatic carbocycles. The van der Waals surface area contributed by atoms with Crippen molar-refractivity contribution in [2.45, 2.75) is 32.2 Å². The molecule has 2 amide bonds. The number of hydrogen-bond donors (Lipinski definition) is 2. The Hall–Kier alpha value is -1.88. The highest BCUT2D eigenvalue weighted by Gasteiger charge is 2.24. The van der Waals surface area contributed by atoms with E-state index in [1.807, 2.05) is 36.1 Å². The molecule has 2 aliphatic heterocycles. The van der Waals surface area contributed by atoms with Crippen molar-refractivity contribution in [2.24, 2.45) is 5.92 Å². The van der Waals surface area contributed by atoms with Crippen LogP contribution in [0.3, 0.4) is 0 Å². The third-order valence-corrected chi connectivity index (χ3v) is 4.57. The van der Waals surface area contributed by atoms with Crippen molar-refractivity contribution >= 4 is 17.5 Å². The van der Waals surface area contributed by atoms with Crippen LogP contribution in [0.5, 0.6) is 0 Å². The second kappa shape index (κ2) is 6.48. The Morgan fingerprint density at radius 1 is 1.36 bits per heavy atom. The summed E-state index contributed by atoms with van der Waals surface area (Å²) in [5.74, 6) is 0.406. The molecule has 1 aromatic carbocycles. The fraction of sp³-hybridized carbons (Fsp3) is 0.529. The zero-order valence-electron chi connectivity index (χ0n) is 13.0. The van der Waals surface area contributed by atoms with Crippen molar-refractivity contribution in [3.63, 3.8) is 0 Å². The molecular weight excluding hydrogens is 278 g/mol. The van der Waals surface area contributed by atoms with Crippen LogP contribution in [-0.2, 0) is 9.59 Å². The van der Waals surface area contributed by atoms with E-state index >= 15 is 0 Å². The molecular formula is C17H23N3O2. The first-order valence-electron chi connectivity index (χ1n) is 8.06. The van der Waals surface area contributed by atoms with Crippen LogP contribution in [0, 0.1) is 5.92 Å². The Balaban J connectivity index is 1.61. The molecule has 2 N–H and O–H groups in total. The van der Waals surface area contributed by atoms with E-state index in [0.717, 1.165) is 43.7 Å². The van der Waals surface area contributed by atoms with E-state index in [-0.39, 0.29) is 23.8 Å². The first-order valence-corrected chi connectivity index (χ1v) is 8.06. The minimum atomic E-state index is -0.0172. The Labute approximate surface area is 131 Å². The van der Waals surface area contributed by atoms with E-state index in [2.05, 4.69) is 10.6 Å². The van der Waals surface area contributed by atoms with Crippen molar-refractivity contribution in [3.05, 3.63) is 29.8 Å². The second-order valence-corrected chi connectivity index (χ2v) is 6.16. The minimum absolute atomic E-state index is 0.0172. The monoisotopic (exact) mass is 301 g/mol. The Bertz CT molecular complexity index is 550. The summed E-state index contributed by atoms with van der Waals surface area (Å²) in [6.07, 6.45) is 2.49. The van der Waals surface area contributed by atoms with E-state index in [9.17, 15) is 9.59 Å². The first kappa shape index (κ1) is 15.0. The molecule has 5 nitrogen and oxygen atoms in total. The standard InChI is InChI=1S/C17H23N3O2/c1-12(19-17(22)14-8-9-18-11-14)13-4-6-15(7-5-13)20-10-2-3-16(20)21/h4-7,12,14,18H,2-3,8-11H2,1H3,(H,19,22). The van der Waals surface area contributed by atoms with Gasteiger partial charge < -0.3 is 15.5 Å². The molecule has 118 valence electrons. The number of amides is 2. The molecule has 22 heavy (non-hydrogen) atoms. The average Bonchev–Trinajstić information content (AvgIpc) is 3.18. The molecule has 2 aliphatic rings. The number of carbonyl (C=O) groups excluding carboxylic acids is 2. The lowest BCUT2D eigenvalue weighted by molar-refractivity contribution is -0.125. The quantitative estimate of drug-likeness (QED) is 0.888. The SMILES string of the molecule is CC(NC(=O)C1CCNC1)c1ccc(N2CCCC2=O)cc1. The molecule has 2 saturated heterocycles. The van der Waals surface area contributed by atoms with E-state index < -0.39 is 0 Å². The molecule has 5 heteroatoms. The normalized spacial score (nSPS) is 22.9. The van der Waals surface area contributed by atoms with Gasteiger partial charge >= 0.3 is 0 Å². The van der Waals surface area contributed by atoms with Crippen molar-refractivity contribution in [2.75, 3.05) is 24.5 Å². The lowest BCUT2D eigenvalue weighted by Gasteiger charge is -2.19. The van der Waals surface area contributed by atoms with E-state index in [1.165, 1.54) is 0 Å². The summed E-state index contributed by atoms with van der Waals surface area (Å²) in [5, 5.41) is 6.29. The average molecular weight is 301 g/mol. The zero-order chi connectivity index (χ0) is 15.5. The highest BCUT2D eigenvalue weighted by Crippen LogP contribution is 2.23. The summed E-state index contributed by atoms with van der Waals surface area (Å²) >= 11 is 0. The van der Waals surface area contributed by atoms with Gasteiger partial charge in [0.2, 0.25) is 11.8 Å². The van der Waals surface area contributed by atoms with Crippen molar-refractivity contribution in [1.29, 1.82) is 0 Å². The third kappa shape index (κ3) is 3.14.